The fourth-order valence-corrected chi connectivity index (χ4v) is 2.04. The van der Waals surface area contributed by atoms with Crippen molar-refractivity contribution in [3.05, 3.63) is 59.5 Å². The molecule has 25 heavy (non-hydrogen) atoms. The molecule has 0 bridgehead atoms. The minimum atomic E-state index is -0.410. The number of hydrogen-bond donors (Lipinski definition) is 1. The van der Waals surface area contributed by atoms with E-state index in [1.54, 1.807) is 18.3 Å². The molecule has 9 nitrogen and oxygen atoms in total. The molecule has 3 aromatic heterocycles. The van der Waals surface area contributed by atoms with Crippen LogP contribution in [0.25, 0.3) is 11.4 Å². The SMILES string of the molecule is CCOc1ccc(-c2noc(CNC(=O)c3ccc[n+]([O-])c3)n2)cn1. The maximum Gasteiger partial charge on any atom is 0.257 e. The van der Waals surface area contributed by atoms with Gasteiger partial charge in [0.15, 0.2) is 12.4 Å². The minimum Gasteiger partial charge on any atom is -0.619 e. The molecule has 0 saturated carbocycles. The van der Waals surface area contributed by atoms with Crippen molar-refractivity contribution in [3.63, 3.8) is 0 Å². The van der Waals surface area contributed by atoms with Crippen LogP contribution in [0.2, 0.25) is 0 Å². The smallest absolute Gasteiger partial charge is 0.257 e. The molecule has 0 saturated heterocycles. The fourth-order valence-electron chi connectivity index (χ4n) is 2.04. The number of aromatic nitrogens is 4. The maximum atomic E-state index is 12.0. The molecule has 3 rings (SSSR count). The number of amides is 1. The van der Waals surface area contributed by atoms with E-state index < -0.39 is 5.91 Å². The standard InChI is InChI=1S/C16H15N5O4/c1-2-24-13-6-5-11(8-17-13)15-19-14(25-20-15)9-18-16(22)12-4-3-7-21(23)10-12/h3-8,10H,2,9H2,1H3,(H,18,22). The topological polar surface area (TPSA) is 117 Å². The van der Waals surface area contributed by atoms with E-state index in [0.717, 1.165) is 0 Å². The molecular weight excluding hydrogens is 326 g/mol. The molecule has 0 radical (unpaired) electrons. The normalized spacial score (nSPS) is 10.4. The lowest BCUT2D eigenvalue weighted by atomic mass is 10.2. The molecule has 0 spiro atoms. The van der Waals surface area contributed by atoms with Crippen molar-refractivity contribution in [2.24, 2.45) is 0 Å². The quantitative estimate of drug-likeness (QED) is 0.527. The van der Waals surface area contributed by atoms with Crippen LogP contribution in [-0.2, 0) is 6.54 Å². The second-order valence-corrected chi connectivity index (χ2v) is 4.97. The number of carbonyl (C=O) groups is 1. The van der Waals surface area contributed by atoms with E-state index in [1.807, 2.05) is 6.92 Å². The predicted octanol–water partition coefficient (Wildman–Crippen LogP) is 1.09. The number of rotatable bonds is 6. The van der Waals surface area contributed by atoms with E-state index in [4.69, 9.17) is 9.26 Å². The van der Waals surface area contributed by atoms with Gasteiger partial charge < -0.3 is 19.8 Å². The van der Waals surface area contributed by atoms with E-state index in [2.05, 4.69) is 20.4 Å². The molecule has 0 aliphatic rings. The molecule has 0 aliphatic heterocycles. The average Bonchev–Trinajstić information content (AvgIpc) is 3.09. The second-order valence-electron chi connectivity index (χ2n) is 4.97. The molecule has 0 aromatic carbocycles. The minimum absolute atomic E-state index is 0.0457. The van der Waals surface area contributed by atoms with Crippen LogP contribution in [0.15, 0.2) is 47.4 Å². The van der Waals surface area contributed by atoms with Gasteiger partial charge in [-0.25, -0.2) is 4.98 Å². The highest BCUT2D eigenvalue weighted by atomic mass is 16.5. The van der Waals surface area contributed by atoms with Gasteiger partial charge >= 0.3 is 0 Å². The summed E-state index contributed by atoms with van der Waals surface area (Å²) in [6, 6.07) is 6.51. The van der Waals surface area contributed by atoms with Crippen LogP contribution in [0.3, 0.4) is 0 Å². The molecule has 9 heteroatoms. The number of nitrogens with one attached hydrogen (secondary N) is 1. The van der Waals surface area contributed by atoms with Gasteiger partial charge in [0.05, 0.1) is 13.2 Å². The van der Waals surface area contributed by atoms with Crippen molar-refractivity contribution < 1.29 is 18.8 Å². The molecule has 0 unspecified atom stereocenters. The molecule has 3 heterocycles. The summed E-state index contributed by atoms with van der Waals surface area (Å²) in [7, 11) is 0. The molecule has 3 aromatic rings. The van der Waals surface area contributed by atoms with Crippen LogP contribution in [0.5, 0.6) is 5.88 Å². The van der Waals surface area contributed by atoms with Crippen molar-refractivity contribution in [1.82, 2.24) is 20.4 Å². The predicted molar refractivity (Wildman–Crippen MR) is 85.3 cm³/mol. The van der Waals surface area contributed by atoms with Gasteiger partial charge in [0.1, 0.15) is 5.56 Å². The van der Waals surface area contributed by atoms with Gasteiger partial charge in [-0.3, -0.25) is 4.79 Å². The largest absolute Gasteiger partial charge is 0.619 e. The van der Waals surface area contributed by atoms with Crippen LogP contribution >= 0.6 is 0 Å². The molecule has 128 valence electrons. The van der Waals surface area contributed by atoms with Crippen molar-refractivity contribution in [2.75, 3.05) is 6.61 Å². The first-order valence-electron chi connectivity index (χ1n) is 7.54. The Morgan fingerprint density at radius 2 is 2.28 bits per heavy atom. The molecule has 1 N–H and O–H groups in total. The Hall–Kier alpha value is -3.49. The van der Waals surface area contributed by atoms with Gasteiger partial charge in [-0.15, -0.1) is 0 Å². The fraction of sp³-hybridized carbons (Fsp3) is 0.188. The lowest BCUT2D eigenvalue weighted by Gasteiger charge is -2.02. The van der Waals surface area contributed by atoms with Gasteiger partial charge in [-0.05, 0) is 19.1 Å². The van der Waals surface area contributed by atoms with E-state index >= 15 is 0 Å². The Labute approximate surface area is 142 Å². The Balaban J connectivity index is 1.62. The summed E-state index contributed by atoms with van der Waals surface area (Å²) >= 11 is 0. The van der Waals surface area contributed by atoms with Crippen molar-refractivity contribution in [1.29, 1.82) is 0 Å². The van der Waals surface area contributed by atoms with E-state index in [9.17, 15) is 10.0 Å². The van der Waals surface area contributed by atoms with Gasteiger partial charge in [-0.1, -0.05) is 5.16 Å². The number of nitrogens with zero attached hydrogens (tertiary/aromatic N) is 4. The summed E-state index contributed by atoms with van der Waals surface area (Å²) < 4.78 is 10.9. The summed E-state index contributed by atoms with van der Waals surface area (Å²) in [6.07, 6.45) is 4.06. The Morgan fingerprint density at radius 3 is 3.00 bits per heavy atom. The summed E-state index contributed by atoms with van der Waals surface area (Å²) in [5.41, 5.74) is 0.910. The number of carbonyl (C=O) groups excluding carboxylic acids is 1. The third-order valence-electron chi connectivity index (χ3n) is 3.19. The highest BCUT2D eigenvalue weighted by Gasteiger charge is 2.12. The van der Waals surface area contributed by atoms with Crippen LogP contribution in [0.1, 0.15) is 23.2 Å². The molecular formula is C16H15N5O4. The third-order valence-corrected chi connectivity index (χ3v) is 3.19. The number of hydrogen-bond acceptors (Lipinski definition) is 7. The van der Waals surface area contributed by atoms with Gasteiger partial charge in [0, 0.05) is 23.9 Å². The Bertz CT molecular complexity index is 863. The average molecular weight is 341 g/mol. The molecule has 1 amide bonds. The molecule has 0 atom stereocenters. The van der Waals surface area contributed by atoms with Gasteiger partial charge in [0.25, 0.3) is 5.91 Å². The lowest BCUT2D eigenvalue weighted by molar-refractivity contribution is -0.605. The maximum absolute atomic E-state index is 12.0. The second kappa shape index (κ2) is 7.39. The zero-order valence-electron chi connectivity index (χ0n) is 13.4. The first kappa shape index (κ1) is 16.4. The van der Waals surface area contributed by atoms with E-state index in [-0.39, 0.29) is 18.0 Å². The highest BCUT2D eigenvalue weighted by molar-refractivity contribution is 5.93. The van der Waals surface area contributed by atoms with Crippen molar-refractivity contribution in [3.8, 4) is 17.3 Å². The van der Waals surface area contributed by atoms with Crippen LogP contribution < -0.4 is 14.8 Å². The lowest BCUT2D eigenvalue weighted by Crippen LogP contribution is -2.29. The van der Waals surface area contributed by atoms with Crippen LogP contribution in [0.4, 0.5) is 0 Å². The van der Waals surface area contributed by atoms with Crippen molar-refractivity contribution >= 4 is 5.91 Å². The summed E-state index contributed by atoms with van der Waals surface area (Å²) in [6.45, 7) is 2.46. The zero-order valence-corrected chi connectivity index (χ0v) is 13.4. The third kappa shape index (κ3) is 4.08. The Kier molecular flexibility index (Phi) is 4.84. The Morgan fingerprint density at radius 1 is 1.40 bits per heavy atom. The van der Waals surface area contributed by atoms with Gasteiger partial charge in [0.2, 0.25) is 17.6 Å². The number of ether oxygens (including phenoxy) is 1. The van der Waals surface area contributed by atoms with E-state index in [1.165, 1.54) is 24.5 Å². The first-order chi connectivity index (χ1) is 12.2. The molecule has 0 aliphatic carbocycles. The first-order valence-corrected chi connectivity index (χ1v) is 7.54. The summed E-state index contributed by atoms with van der Waals surface area (Å²) in [4.78, 5) is 20.3. The molecule has 0 fully saturated rings. The highest BCUT2D eigenvalue weighted by Crippen LogP contribution is 2.17. The summed E-state index contributed by atoms with van der Waals surface area (Å²) in [5, 5.41) is 17.6. The summed E-state index contributed by atoms with van der Waals surface area (Å²) in [5.74, 6) is 0.702. The zero-order chi connectivity index (χ0) is 17.6. The van der Waals surface area contributed by atoms with Crippen molar-refractivity contribution in [2.45, 2.75) is 13.5 Å². The number of pyridine rings is 2. The van der Waals surface area contributed by atoms with Crippen LogP contribution in [0, 0.1) is 5.21 Å². The van der Waals surface area contributed by atoms with Gasteiger partial charge in [-0.2, -0.15) is 9.71 Å². The van der Waals surface area contributed by atoms with E-state index in [0.29, 0.717) is 28.6 Å². The van der Waals surface area contributed by atoms with Crippen LogP contribution in [-0.4, -0.2) is 27.6 Å². The monoisotopic (exact) mass is 341 g/mol.